The number of likely N-dealkylation sites (tertiary alicyclic amines) is 1. The number of carbonyl (C=O) groups is 1. The summed E-state index contributed by atoms with van der Waals surface area (Å²) in [5, 5.41) is 9.55. The van der Waals surface area contributed by atoms with Crippen molar-refractivity contribution in [2.75, 3.05) is 13.1 Å². The van der Waals surface area contributed by atoms with Crippen molar-refractivity contribution < 1.29 is 14.3 Å². The van der Waals surface area contributed by atoms with Gasteiger partial charge in [-0.15, -0.1) is 0 Å². The van der Waals surface area contributed by atoms with E-state index in [2.05, 4.69) is 0 Å². The third-order valence-electron chi connectivity index (χ3n) is 2.61. The standard InChI is InChI=1S/C10H14N2O3/c11-10(14)6-12-5-7(13)4-8(12)9-2-1-3-15-9/h1-3,7-8,13H,4-6H2,(H2,11,14). The molecule has 5 heteroatoms. The van der Waals surface area contributed by atoms with Gasteiger partial charge in [0, 0.05) is 6.54 Å². The van der Waals surface area contributed by atoms with Crippen molar-refractivity contribution in [2.24, 2.45) is 5.73 Å². The molecule has 1 aromatic rings. The Labute approximate surface area is 87.5 Å². The SMILES string of the molecule is NC(=O)CN1CC(O)CC1c1ccco1. The average Bonchev–Trinajstić information content (AvgIpc) is 2.72. The number of furan rings is 1. The quantitative estimate of drug-likeness (QED) is 0.728. The predicted molar refractivity (Wildman–Crippen MR) is 52.8 cm³/mol. The molecule has 0 aliphatic carbocycles. The minimum Gasteiger partial charge on any atom is -0.468 e. The van der Waals surface area contributed by atoms with E-state index in [1.807, 2.05) is 11.0 Å². The van der Waals surface area contributed by atoms with E-state index in [0.717, 1.165) is 5.76 Å². The molecule has 3 N–H and O–H groups in total. The van der Waals surface area contributed by atoms with Crippen molar-refractivity contribution in [1.82, 2.24) is 4.90 Å². The molecule has 5 nitrogen and oxygen atoms in total. The average molecular weight is 210 g/mol. The van der Waals surface area contributed by atoms with Gasteiger partial charge < -0.3 is 15.3 Å². The Morgan fingerprint density at radius 2 is 2.53 bits per heavy atom. The van der Waals surface area contributed by atoms with Gasteiger partial charge in [-0.05, 0) is 18.6 Å². The molecule has 1 aromatic heterocycles. The number of nitrogens with two attached hydrogens (primary N) is 1. The number of hydrogen-bond acceptors (Lipinski definition) is 4. The number of primary amides is 1. The number of β-amino-alcohol motifs (C(OH)–C–C–N with tert-alkyl or cyclic N) is 1. The lowest BCUT2D eigenvalue weighted by atomic mass is 10.1. The molecule has 1 fully saturated rings. The maximum atomic E-state index is 10.8. The summed E-state index contributed by atoms with van der Waals surface area (Å²) in [6.07, 6.45) is 1.75. The van der Waals surface area contributed by atoms with Crippen LogP contribution in [0.4, 0.5) is 0 Å². The van der Waals surface area contributed by atoms with Crippen LogP contribution in [0.3, 0.4) is 0 Å². The van der Waals surface area contributed by atoms with Gasteiger partial charge in [0.2, 0.25) is 5.91 Å². The Bertz CT molecular complexity index is 336. The number of nitrogens with zero attached hydrogens (tertiary/aromatic N) is 1. The van der Waals surface area contributed by atoms with Gasteiger partial charge in [-0.2, -0.15) is 0 Å². The molecule has 2 atom stereocenters. The normalized spacial score (nSPS) is 27.0. The second-order valence-corrected chi connectivity index (χ2v) is 3.82. The molecule has 2 rings (SSSR count). The van der Waals surface area contributed by atoms with Gasteiger partial charge in [0.25, 0.3) is 0 Å². The molecular formula is C10H14N2O3. The summed E-state index contributed by atoms with van der Waals surface area (Å²) < 4.78 is 5.27. The van der Waals surface area contributed by atoms with Crippen LogP contribution in [-0.2, 0) is 4.79 Å². The number of carbonyl (C=O) groups excluding carboxylic acids is 1. The van der Waals surface area contributed by atoms with E-state index in [9.17, 15) is 9.90 Å². The molecular weight excluding hydrogens is 196 g/mol. The summed E-state index contributed by atoms with van der Waals surface area (Å²) in [6.45, 7) is 0.622. The molecule has 15 heavy (non-hydrogen) atoms. The molecule has 2 unspecified atom stereocenters. The molecule has 1 saturated heterocycles. The van der Waals surface area contributed by atoms with Crippen LogP contribution in [0.2, 0.25) is 0 Å². The first-order chi connectivity index (χ1) is 7.16. The van der Waals surface area contributed by atoms with Crippen molar-refractivity contribution in [3.8, 4) is 0 Å². The Balaban J connectivity index is 2.12. The monoisotopic (exact) mass is 210 g/mol. The number of hydrogen-bond donors (Lipinski definition) is 2. The largest absolute Gasteiger partial charge is 0.468 e. The van der Waals surface area contributed by atoms with Crippen molar-refractivity contribution in [1.29, 1.82) is 0 Å². The minimum absolute atomic E-state index is 0.0394. The van der Waals surface area contributed by atoms with Crippen LogP contribution in [0.5, 0.6) is 0 Å². The highest BCUT2D eigenvalue weighted by atomic mass is 16.3. The number of aliphatic hydroxyl groups is 1. The van der Waals surface area contributed by atoms with Crippen molar-refractivity contribution in [3.63, 3.8) is 0 Å². The predicted octanol–water partition coefficient (Wildman–Crippen LogP) is -0.127. The minimum atomic E-state index is -0.417. The van der Waals surface area contributed by atoms with E-state index < -0.39 is 6.10 Å². The Morgan fingerprint density at radius 3 is 3.13 bits per heavy atom. The van der Waals surface area contributed by atoms with Gasteiger partial charge in [-0.1, -0.05) is 0 Å². The van der Waals surface area contributed by atoms with E-state index in [1.165, 1.54) is 0 Å². The highest BCUT2D eigenvalue weighted by molar-refractivity contribution is 5.76. The van der Waals surface area contributed by atoms with Crippen LogP contribution in [-0.4, -0.2) is 35.1 Å². The van der Waals surface area contributed by atoms with E-state index in [1.54, 1.807) is 12.3 Å². The summed E-state index contributed by atoms with van der Waals surface area (Å²) in [7, 11) is 0. The molecule has 1 amide bonds. The smallest absolute Gasteiger partial charge is 0.231 e. The second-order valence-electron chi connectivity index (χ2n) is 3.82. The molecule has 82 valence electrons. The van der Waals surface area contributed by atoms with Crippen LogP contribution >= 0.6 is 0 Å². The summed E-state index contributed by atoms with van der Waals surface area (Å²) in [5.74, 6) is 0.383. The third-order valence-corrected chi connectivity index (χ3v) is 2.61. The summed E-state index contributed by atoms with van der Waals surface area (Å²) >= 11 is 0. The van der Waals surface area contributed by atoms with Gasteiger partial charge in [0.15, 0.2) is 0 Å². The highest BCUT2D eigenvalue weighted by Gasteiger charge is 2.34. The Kier molecular flexibility index (Phi) is 2.75. The Morgan fingerprint density at radius 1 is 1.73 bits per heavy atom. The van der Waals surface area contributed by atoms with Crippen LogP contribution in [0.25, 0.3) is 0 Å². The zero-order valence-electron chi connectivity index (χ0n) is 8.30. The maximum absolute atomic E-state index is 10.8. The van der Waals surface area contributed by atoms with E-state index in [0.29, 0.717) is 13.0 Å². The zero-order chi connectivity index (χ0) is 10.8. The fourth-order valence-corrected chi connectivity index (χ4v) is 2.03. The van der Waals surface area contributed by atoms with Crippen molar-refractivity contribution in [3.05, 3.63) is 24.2 Å². The molecule has 1 aliphatic heterocycles. The van der Waals surface area contributed by atoms with E-state index >= 15 is 0 Å². The molecule has 1 aliphatic rings. The first-order valence-electron chi connectivity index (χ1n) is 4.90. The lowest BCUT2D eigenvalue weighted by Crippen LogP contribution is -2.34. The van der Waals surface area contributed by atoms with E-state index in [-0.39, 0.29) is 18.5 Å². The molecule has 0 radical (unpaired) electrons. The first-order valence-corrected chi connectivity index (χ1v) is 4.90. The molecule has 0 spiro atoms. The van der Waals surface area contributed by atoms with Gasteiger partial charge in [-0.25, -0.2) is 0 Å². The summed E-state index contributed by atoms with van der Waals surface area (Å²) in [5.41, 5.74) is 5.14. The number of amides is 1. The lowest BCUT2D eigenvalue weighted by molar-refractivity contribution is -0.119. The molecule has 0 aromatic carbocycles. The van der Waals surface area contributed by atoms with Crippen LogP contribution < -0.4 is 5.73 Å². The number of aliphatic hydroxyl groups excluding tert-OH is 1. The van der Waals surface area contributed by atoms with Crippen LogP contribution in [0.1, 0.15) is 18.2 Å². The fraction of sp³-hybridized carbons (Fsp3) is 0.500. The zero-order valence-corrected chi connectivity index (χ0v) is 8.30. The fourth-order valence-electron chi connectivity index (χ4n) is 2.03. The molecule has 2 heterocycles. The lowest BCUT2D eigenvalue weighted by Gasteiger charge is -2.20. The molecule has 0 bridgehead atoms. The van der Waals surface area contributed by atoms with Gasteiger partial charge in [0.1, 0.15) is 5.76 Å². The second kappa shape index (κ2) is 4.04. The summed E-state index contributed by atoms with van der Waals surface area (Å²) in [6, 6.07) is 3.60. The van der Waals surface area contributed by atoms with E-state index in [4.69, 9.17) is 10.2 Å². The summed E-state index contributed by atoms with van der Waals surface area (Å²) in [4.78, 5) is 12.7. The topological polar surface area (TPSA) is 79.7 Å². The Hall–Kier alpha value is -1.33. The highest BCUT2D eigenvalue weighted by Crippen LogP contribution is 2.31. The van der Waals surface area contributed by atoms with Gasteiger partial charge >= 0.3 is 0 Å². The third kappa shape index (κ3) is 2.19. The maximum Gasteiger partial charge on any atom is 0.231 e. The van der Waals surface area contributed by atoms with Crippen LogP contribution in [0, 0.1) is 0 Å². The molecule has 0 saturated carbocycles. The van der Waals surface area contributed by atoms with Crippen LogP contribution in [0.15, 0.2) is 22.8 Å². The van der Waals surface area contributed by atoms with Gasteiger partial charge in [-0.3, -0.25) is 9.69 Å². The van der Waals surface area contributed by atoms with Gasteiger partial charge in [0.05, 0.1) is 25.0 Å². The van der Waals surface area contributed by atoms with Crippen molar-refractivity contribution >= 4 is 5.91 Å². The number of rotatable bonds is 3. The van der Waals surface area contributed by atoms with Crippen molar-refractivity contribution in [2.45, 2.75) is 18.6 Å². The first kappa shape index (κ1) is 10.2.